The van der Waals surface area contributed by atoms with Crippen LogP contribution in [-0.4, -0.2) is 77.2 Å². The van der Waals surface area contributed by atoms with E-state index in [9.17, 15) is 24.3 Å². The number of amides is 2. The number of carbonyl (C=O) groups is 4. The molecule has 0 radical (unpaired) electrons. The molecule has 0 fully saturated rings. The lowest BCUT2D eigenvalue weighted by molar-refractivity contribution is -0.144. The molecule has 2 amide bonds. The van der Waals surface area contributed by atoms with Gasteiger partial charge < -0.3 is 34.1 Å². The molecular weight excluding hydrogens is 645 g/mol. The molecule has 0 saturated carbocycles. The lowest BCUT2D eigenvalue weighted by Crippen LogP contribution is -2.54. The van der Waals surface area contributed by atoms with E-state index in [1.807, 2.05) is 6.92 Å². The molecule has 1 heterocycles. The van der Waals surface area contributed by atoms with Gasteiger partial charge in [-0.1, -0.05) is 54.9 Å². The van der Waals surface area contributed by atoms with Crippen LogP contribution in [0.2, 0.25) is 36.3 Å². The van der Waals surface area contributed by atoms with Crippen molar-refractivity contribution in [2.75, 3.05) is 19.5 Å². The molecule has 260 valence electrons. The summed E-state index contributed by atoms with van der Waals surface area (Å²) in [5.41, 5.74) is 2.39. The summed E-state index contributed by atoms with van der Waals surface area (Å²) in [5, 5.41) is 13.8. The Labute approximate surface area is 280 Å². The fourth-order valence-corrected chi connectivity index (χ4v) is 7.57. The van der Waals surface area contributed by atoms with E-state index in [0.29, 0.717) is 29.0 Å². The zero-order valence-corrected chi connectivity index (χ0v) is 32.6. The van der Waals surface area contributed by atoms with E-state index in [1.54, 1.807) is 0 Å². The number of fused-ring (bicyclic) bond motifs is 1. The Balaban J connectivity index is 3.00. The molecule has 11 nitrogen and oxygen atoms in total. The molecule has 2 rings (SSSR count). The van der Waals surface area contributed by atoms with Crippen LogP contribution >= 0.6 is 11.8 Å². The summed E-state index contributed by atoms with van der Waals surface area (Å²) < 4.78 is 24.7. The van der Waals surface area contributed by atoms with E-state index in [-0.39, 0.29) is 27.1 Å². The molecule has 2 atom stereocenters. The fraction of sp³-hybridized carbons (Fsp3) is 0.688. The van der Waals surface area contributed by atoms with Crippen LogP contribution in [0.15, 0.2) is 0 Å². The molecule has 0 saturated heterocycles. The summed E-state index contributed by atoms with van der Waals surface area (Å²) in [6.45, 7) is 24.8. The van der Waals surface area contributed by atoms with Gasteiger partial charge in [0.05, 0.1) is 12.7 Å². The number of hydrogen-bond donors (Lipinski definition) is 3. The lowest BCUT2D eigenvalue weighted by atomic mass is 9.94. The maximum absolute atomic E-state index is 14.1. The van der Waals surface area contributed by atoms with E-state index in [1.165, 1.54) is 18.9 Å². The molecule has 1 aromatic carbocycles. The first kappa shape index (κ1) is 39.5. The first-order valence-electron chi connectivity index (χ1n) is 15.7. The summed E-state index contributed by atoms with van der Waals surface area (Å²) in [5.74, 6) is -0.619. The third kappa shape index (κ3) is 9.21. The molecule has 1 aliphatic heterocycles. The minimum atomic E-state index is -2.48. The predicted molar refractivity (Wildman–Crippen MR) is 186 cm³/mol. The van der Waals surface area contributed by atoms with Gasteiger partial charge in [0.25, 0.3) is 16.6 Å². The number of esters is 2. The Morgan fingerprint density at radius 1 is 1.02 bits per heavy atom. The van der Waals surface area contributed by atoms with Crippen molar-refractivity contribution in [2.45, 2.75) is 122 Å². The second kappa shape index (κ2) is 15.0. The highest BCUT2D eigenvalue weighted by Gasteiger charge is 2.44. The van der Waals surface area contributed by atoms with Gasteiger partial charge in [0.1, 0.15) is 30.2 Å². The van der Waals surface area contributed by atoms with Crippen LogP contribution in [0.4, 0.5) is 4.79 Å². The van der Waals surface area contributed by atoms with Gasteiger partial charge in [0.2, 0.25) is 5.91 Å². The van der Waals surface area contributed by atoms with Crippen LogP contribution in [0, 0.1) is 6.92 Å². The molecular formula is C32H54N2O9SSi2. The number of rotatable bonds is 8. The Kier molecular flexibility index (Phi) is 12.9. The summed E-state index contributed by atoms with van der Waals surface area (Å²) >= 11 is 1.33. The smallest absolute Gasteiger partial charge is 0.405 e. The van der Waals surface area contributed by atoms with Crippen molar-refractivity contribution < 1.29 is 42.6 Å². The minimum absolute atomic E-state index is 0.108. The zero-order valence-electron chi connectivity index (χ0n) is 29.8. The van der Waals surface area contributed by atoms with Gasteiger partial charge in [-0.15, -0.1) is 0 Å². The first-order valence-corrected chi connectivity index (χ1v) is 22.6. The fourth-order valence-electron chi connectivity index (χ4n) is 4.36. The Hall–Kier alpha value is -2.72. The molecule has 0 unspecified atom stereocenters. The van der Waals surface area contributed by atoms with Crippen LogP contribution in [0.5, 0.6) is 11.5 Å². The molecule has 46 heavy (non-hydrogen) atoms. The number of nitrogens with one attached hydrogen (secondary N) is 2. The Morgan fingerprint density at radius 3 is 2.04 bits per heavy atom. The van der Waals surface area contributed by atoms with E-state index in [2.05, 4.69) is 85.3 Å². The SMILES string of the molecule is CCCc1c(O[Si](C)(C)C(C)(C)C)c(C)c2c(c1O[Si](C)(C)C(C)(C)C)CSC[C@@H](C(=O)OC)NC(=O)[C@@H](NC(=O)O)COC2=O. The van der Waals surface area contributed by atoms with Crippen LogP contribution in [-0.2, 0) is 31.2 Å². The van der Waals surface area contributed by atoms with Crippen molar-refractivity contribution in [3.05, 3.63) is 22.3 Å². The Bertz CT molecular complexity index is 1320. The van der Waals surface area contributed by atoms with Crippen molar-refractivity contribution >= 4 is 52.3 Å². The van der Waals surface area contributed by atoms with E-state index in [0.717, 1.165) is 12.0 Å². The second-order valence-corrected chi connectivity index (χ2v) is 25.3. The monoisotopic (exact) mass is 698 g/mol. The quantitative estimate of drug-likeness (QED) is 0.205. The third-order valence-electron chi connectivity index (χ3n) is 9.20. The molecule has 0 aromatic heterocycles. The molecule has 1 aliphatic rings. The topological polar surface area (TPSA) is 149 Å². The second-order valence-electron chi connectivity index (χ2n) is 14.8. The molecule has 0 aliphatic carbocycles. The summed E-state index contributed by atoms with van der Waals surface area (Å²) in [6, 6.07) is -2.53. The van der Waals surface area contributed by atoms with Crippen molar-refractivity contribution in [1.82, 2.24) is 10.6 Å². The molecule has 3 N–H and O–H groups in total. The number of benzene rings is 1. The van der Waals surface area contributed by atoms with Crippen molar-refractivity contribution in [3.63, 3.8) is 0 Å². The number of carbonyl (C=O) groups excluding carboxylic acids is 3. The van der Waals surface area contributed by atoms with Gasteiger partial charge in [-0.3, -0.25) is 4.79 Å². The number of ether oxygens (including phenoxy) is 2. The molecule has 1 aromatic rings. The highest BCUT2D eigenvalue weighted by Crippen LogP contribution is 2.48. The number of methoxy groups -OCH3 is 1. The van der Waals surface area contributed by atoms with Gasteiger partial charge in [0, 0.05) is 28.2 Å². The van der Waals surface area contributed by atoms with E-state index in [4.69, 9.17) is 18.3 Å². The van der Waals surface area contributed by atoms with Gasteiger partial charge in [-0.2, -0.15) is 11.8 Å². The number of carboxylic acid groups (broad SMARTS) is 1. The predicted octanol–water partition coefficient (Wildman–Crippen LogP) is 6.41. The molecule has 0 bridgehead atoms. The number of cyclic esters (lactones) is 1. The summed E-state index contributed by atoms with van der Waals surface area (Å²) in [7, 11) is -3.69. The normalized spacial score (nSPS) is 18.6. The highest BCUT2D eigenvalue weighted by atomic mass is 32.2. The van der Waals surface area contributed by atoms with Crippen LogP contribution in [0.25, 0.3) is 0 Å². The van der Waals surface area contributed by atoms with E-state index < -0.39 is 59.3 Å². The Morgan fingerprint density at radius 2 is 1.57 bits per heavy atom. The molecule has 14 heteroatoms. The van der Waals surface area contributed by atoms with Crippen LogP contribution < -0.4 is 19.5 Å². The summed E-state index contributed by atoms with van der Waals surface area (Å²) in [6.07, 6.45) is -0.0350. The van der Waals surface area contributed by atoms with Crippen molar-refractivity contribution in [2.24, 2.45) is 0 Å². The van der Waals surface area contributed by atoms with Gasteiger partial charge >= 0.3 is 18.0 Å². The lowest BCUT2D eigenvalue weighted by Gasteiger charge is -2.41. The first-order chi connectivity index (χ1) is 21.0. The third-order valence-corrected chi connectivity index (χ3v) is 18.9. The standard InChI is InChI=1S/C32H54N2O9SSi2/c1-14-15-20-25(42-45(10,11)31(3,4)5)19(2)24-21(26(20)43-46(12,13)32(6,7)8)17-44-18-23(28(36)40-9)33-27(35)22(34-30(38)39)16-41-29(24)37/h22-23,34H,14-18H2,1-13H3,(H,33,35)(H,38,39)/t22-,23-/m0/s1. The van der Waals surface area contributed by atoms with Crippen molar-refractivity contribution in [1.29, 1.82) is 0 Å². The maximum atomic E-state index is 14.1. The van der Waals surface area contributed by atoms with E-state index >= 15 is 0 Å². The maximum Gasteiger partial charge on any atom is 0.405 e. The number of hydrogen-bond acceptors (Lipinski definition) is 9. The highest BCUT2D eigenvalue weighted by molar-refractivity contribution is 7.98. The van der Waals surface area contributed by atoms with Gasteiger partial charge in [-0.05, 0) is 49.6 Å². The largest absolute Gasteiger partial charge is 0.543 e. The minimum Gasteiger partial charge on any atom is -0.543 e. The zero-order chi connectivity index (χ0) is 35.4. The average molecular weight is 699 g/mol. The summed E-state index contributed by atoms with van der Waals surface area (Å²) in [4.78, 5) is 51.4. The van der Waals surface area contributed by atoms with Gasteiger partial charge in [0.15, 0.2) is 0 Å². The van der Waals surface area contributed by atoms with Crippen molar-refractivity contribution in [3.8, 4) is 11.5 Å². The van der Waals surface area contributed by atoms with Gasteiger partial charge in [-0.25, -0.2) is 14.4 Å². The number of thioether (sulfide) groups is 1. The molecule has 0 spiro atoms. The van der Waals surface area contributed by atoms with Crippen LogP contribution in [0.1, 0.15) is 81.9 Å². The average Bonchev–Trinajstić information content (AvgIpc) is 2.91. The van der Waals surface area contributed by atoms with Crippen LogP contribution in [0.3, 0.4) is 0 Å².